The maximum atomic E-state index is 6.17. The van der Waals surface area contributed by atoms with Gasteiger partial charge in [-0.15, -0.1) is 0 Å². The molecule has 1 aromatic heterocycles. The summed E-state index contributed by atoms with van der Waals surface area (Å²) >= 11 is 0. The predicted molar refractivity (Wildman–Crippen MR) is 69.6 cm³/mol. The highest BCUT2D eigenvalue weighted by Crippen LogP contribution is 2.25. The summed E-state index contributed by atoms with van der Waals surface area (Å²) in [6.45, 7) is 12.7. The molecule has 0 saturated heterocycles. The molecule has 90 valence electrons. The minimum Gasteiger partial charge on any atom is -0.322 e. The molecule has 2 nitrogen and oxygen atoms in total. The van der Waals surface area contributed by atoms with Gasteiger partial charge in [-0.3, -0.25) is 4.98 Å². The van der Waals surface area contributed by atoms with E-state index in [1.165, 1.54) is 5.56 Å². The number of nitrogens with zero attached hydrogens (tertiary/aromatic N) is 1. The monoisotopic (exact) mass is 220 g/mol. The standard InChI is InChI=1S/C14H24N2/c1-9(2)12-7-11(14(5,6)15)8-13(16-12)10(3)4/h7-10H,15H2,1-6H3. The third kappa shape index (κ3) is 3.05. The van der Waals surface area contributed by atoms with Gasteiger partial charge in [-0.25, -0.2) is 0 Å². The van der Waals surface area contributed by atoms with Gasteiger partial charge in [0.1, 0.15) is 0 Å². The van der Waals surface area contributed by atoms with E-state index in [0.29, 0.717) is 11.8 Å². The van der Waals surface area contributed by atoms with Crippen LogP contribution in [0.15, 0.2) is 12.1 Å². The van der Waals surface area contributed by atoms with Gasteiger partial charge in [0.15, 0.2) is 0 Å². The lowest BCUT2D eigenvalue weighted by molar-refractivity contribution is 0.549. The van der Waals surface area contributed by atoms with Gasteiger partial charge in [0.2, 0.25) is 0 Å². The second-order valence-corrected chi connectivity index (χ2v) is 5.74. The molecule has 0 aliphatic rings. The molecule has 0 amide bonds. The van der Waals surface area contributed by atoms with Crippen LogP contribution in [0.4, 0.5) is 0 Å². The van der Waals surface area contributed by atoms with E-state index >= 15 is 0 Å². The van der Waals surface area contributed by atoms with Crippen molar-refractivity contribution in [3.63, 3.8) is 0 Å². The van der Waals surface area contributed by atoms with Gasteiger partial charge in [-0.05, 0) is 43.4 Å². The zero-order valence-corrected chi connectivity index (χ0v) is 11.3. The van der Waals surface area contributed by atoms with Gasteiger partial charge in [0, 0.05) is 16.9 Å². The molecule has 0 radical (unpaired) electrons. The maximum absolute atomic E-state index is 6.17. The minimum absolute atomic E-state index is 0.295. The molecule has 0 aliphatic heterocycles. The summed E-state index contributed by atoms with van der Waals surface area (Å²) in [5, 5.41) is 0. The third-order valence-corrected chi connectivity index (χ3v) is 2.79. The van der Waals surface area contributed by atoms with Crippen LogP contribution in [-0.4, -0.2) is 4.98 Å². The van der Waals surface area contributed by atoms with Crippen molar-refractivity contribution >= 4 is 0 Å². The van der Waals surface area contributed by atoms with Gasteiger partial charge in [0.25, 0.3) is 0 Å². The summed E-state index contributed by atoms with van der Waals surface area (Å²) in [6, 6.07) is 4.27. The van der Waals surface area contributed by atoms with Crippen LogP contribution >= 0.6 is 0 Å². The fraction of sp³-hybridized carbons (Fsp3) is 0.643. The van der Waals surface area contributed by atoms with E-state index < -0.39 is 0 Å². The molecule has 0 spiro atoms. The number of hydrogen-bond acceptors (Lipinski definition) is 2. The van der Waals surface area contributed by atoms with E-state index in [0.717, 1.165) is 11.4 Å². The highest BCUT2D eigenvalue weighted by Gasteiger charge is 2.18. The molecule has 0 aliphatic carbocycles. The summed E-state index contributed by atoms with van der Waals surface area (Å²) < 4.78 is 0. The summed E-state index contributed by atoms with van der Waals surface area (Å²) in [4.78, 5) is 4.69. The molecular weight excluding hydrogens is 196 g/mol. The summed E-state index contributed by atoms with van der Waals surface area (Å²) in [5.41, 5.74) is 9.32. The lowest BCUT2D eigenvalue weighted by atomic mass is 9.92. The quantitative estimate of drug-likeness (QED) is 0.846. The van der Waals surface area contributed by atoms with Crippen LogP contribution in [0.2, 0.25) is 0 Å². The molecular formula is C14H24N2. The lowest BCUT2D eigenvalue weighted by Crippen LogP contribution is -2.29. The molecule has 1 heterocycles. The minimum atomic E-state index is -0.295. The second-order valence-electron chi connectivity index (χ2n) is 5.74. The Morgan fingerprint density at radius 1 is 1.00 bits per heavy atom. The number of hydrogen-bond donors (Lipinski definition) is 1. The van der Waals surface area contributed by atoms with E-state index in [1.807, 2.05) is 13.8 Å². The Morgan fingerprint density at radius 2 is 1.38 bits per heavy atom. The Hall–Kier alpha value is -0.890. The van der Waals surface area contributed by atoms with Gasteiger partial charge in [0.05, 0.1) is 0 Å². The molecule has 2 N–H and O–H groups in total. The fourth-order valence-corrected chi connectivity index (χ4v) is 1.54. The molecule has 0 unspecified atom stereocenters. The van der Waals surface area contributed by atoms with Gasteiger partial charge in [-0.1, -0.05) is 27.7 Å². The van der Waals surface area contributed by atoms with Crippen molar-refractivity contribution in [2.45, 2.75) is 58.9 Å². The van der Waals surface area contributed by atoms with Crippen LogP contribution < -0.4 is 5.73 Å². The number of rotatable bonds is 3. The average Bonchev–Trinajstić information content (AvgIpc) is 2.15. The summed E-state index contributed by atoms with van der Waals surface area (Å²) in [6.07, 6.45) is 0. The number of aromatic nitrogens is 1. The fourth-order valence-electron chi connectivity index (χ4n) is 1.54. The van der Waals surface area contributed by atoms with Crippen molar-refractivity contribution < 1.29 is 0 Å². The Bertz CT molecular complexity index is 333. The van der Waals surface area contributed by atoms with E-state index in [4.69, 9.17) is 10.7 Å². The smallest absolute Gasteiger partial charge is 0.0435 e. The van der Waals surface area contributed by atoms with Crippen molar-refractivity contribution in [1.29, 1.82) is 0 Å². The molecule has 0 fully saturated rings. The molecule has 16 heavy (non-hydrogen) atoms. The van der Waals surface area contributed by atoms with Crippen LogP contribution in [0.25, 0.3) is 0 Å². The van der Waals surface area contributed by atoms with E-state index in [-0.39, 0.29) is 5.54 Å². The molecule has 2 heteroatoms. The summed E-state index contributed by atoms with van der Waals surface area (Å²) in [5.74, 6) is 0.889. The highest BCUT2D eigenvalue weighted by atomic mass is 14.7. The van der Waals surface area contributed by atoms with E-state index in [1.54, 1.807) is 0 Å². The van der Waals surface area contributed by atoms with Gasteiger partial charge >= 0.3 is 0 Å². The Labute approximate surface area is 99.3 Å². The van der Waals surface area contributed by atoms with E-state index in [2.05, 4.69) is 39.8 Å². The first-order valence-electron chi connectivity index (χ1n) is 6.03. The van der Waals surface area contributed by atoms with Crippen molar-refractivity contribution in [3.8, 4) is 0 Å². The third-order valence-electron chi connectivity index (χ3n) is 2.79. The van der Waals surface area contributed by atoms with Crippen molar-refractivity contribution in [3.05, 3.63) is 29.1 Å². The number of nitrogens with two attached hydrogens (primary N) is 1. The van der Waals surface area contributed by atoms with Gasteiger partial charge in [-0.2, -0.15) is 0 Å². The maximum Gasteiger partial charge on any atom is 0.0435 e. The molecule has 0 bridgehead atoms. The predicted octanol–water partition coefficient (Wildman–Crippen LogP) is 3.52. The molecule has 1 aromatic rings. The molecule has 0 saturated carbocycles. The van der Waals surface area contributed by atoms with Crippen LogP contribution in [0, 0.1) is 0 Å². The van der Waals surface area contributed by atoms with Crippen molar-refractivity contribution in [2.24, 2.45) is 5.73 Å². The lowest BCUT2D eigenvalue weighted by Gasteiger charge is -2.22. The largest absolute Gasteiger partial charge is 0.322 e. The Morgan fingerprint density at radius 3 is 1.62 bits per heavy atom. The highest BCUT2D eigenvalue weighted by molar-refractivity contribution is 5.29. The molecule has 0 aromatic carbocycles. The number of pyridine rings is 1. The summed E-state index contributed by atoms with van der Waals surface area (Å²) in [7, 11) is 0. The first-order chi connectivity index (χ1) is 7.21. The Kier molecular flexibility index (Phi) is 3.74. The van der Waals surface area contributed by atoms with Crippen molar-refractivity contribution in [2.75, 3.05) is 0 Å². The molecule has 1 rings (SSSR count). The Balaban J connectivity index is 3.30. The normalized spacial score (nSPS) is 12.6. The first kappa shape index (κ1) is 13.2. The average molecular weight is 220 g/mol. The van der Waals surface area contributed by atoms with Crippen molar-refractivity contribution in [1.82, 2.24) is 4.98 Å². The van der Waals surface area contributed by atoms with Crippen LogP contribution in [0.3, 0.4) is 0 Å². The topological polar surface area (TPSA) is 38.9 Å². The molecule has 0 atom stereocenters. The van der Waals surface area contributed by atoms with Crippen LogP contribution in [0.5, 0.6) is 0 Å². The van der Waals surface area contributed by atoms with Crippen LogP contribution in [0.1, 0.15) is 70.3 Å². The first-order valence-corrected chi connectivity index (χ1v) is 6.03. The second kappa shape index (κ2) is 4.54. The van der Waals surface area contributed by atoms with Gasteiger partial charge < -0.3 is 5.73 Å². The zero-order valence-electron chi connectivity index (χ0n) is 11.3. The van der Waals surface area contributed by atoms with E-state index in [9.17, 15) is 0 Å². The SMILES string of the molecule is CC(C)c1cc(C(C)(C)N)cc(C(C)C)n1. The zero-order chi connectivity index (χ0) is 12.5. The van der Waals surface area contributed by atoms with Crippen LogP contribution in [-0.2, 0) is 5.54 Å².